The summed E-state index contributed by atoms with van der Waals surface area (Å²) >= 11 is 6.86. The average Bonchev–Trinajstić information content (AvgIpc) is 2.94. The topological polar surface area (TPSA) is 98.1 Å². The van der Waals surface area contributed by atoms with Gasteiger partial charge in [-0.2, -0.15) is 0 Å². The first-order valence-corrected chi connectivity index (χ1v) is 7.38. The molecule has 2 aromatic rings. The Morgan fingerprint density at radius 1 is 1.36 bits per heavy atom. The summed E-state index contributed by atoms with van der Waals surface area (Å²) in [6.07, 6.45) is 1.32. The van der Waals surface area contributed by atoms with E-state index in [1.165, 1.54) is 18.1 Å². The molecule has 0 unspecified atom stereocenters. The minimum Gasteiger partial charge on any atom is -0.468 e. The molecule has 0 bridgehead atoms. The highest BCUT2D eigenvalue weighted by Crippen LogP contribution is 2.15. The van der Waals surface area contributed by atoms with Crippen LogP contribution in [0.2, 0.25) is 5.02 Å². The number of nitrogens with zero attached hydrogens (tertiary/aromatic N) is 3. The van der Waals surface area contributed by atoms with Crippen LogP contribution in [0.15, 0.2) is 35.7 Å². The molecule has 0 radical (unpaired) electrons. The lowest BCUT2D eigenvalue weighted by Crippen LogP contribution is -2.27. The van der Waals surface area contributed by atoms with Crippen molar-refractivity contribution in [2.75, 3.05) is 23.6 Å². The summed E-state index contributed by atoms with van der Waals surface area (Å²) in [5.74, 6) is -0.333. The number of nitrogens with one attached hydrogen (secondary N) is 2. The number of methoxy groups -OCH3 is 1. The fraction of sp³-hybridized carbons (Fsp3) is 0.167. The molecule has 0 fully saturated rings. The number of rotatable bonds is 5. The van der Waals surface area contributed by atoms with Crippen molar-refractivity contribution < 1.29 is 14.3 Å². The molecule has 2 rings (SSSR count). The maximum Gasteiger partial charge on any atom is 0.338 e. The smallest absolute Gasteiger partial charge is 0.338 e. The Morgan fingerprint density at radius 3 is 2.77 bits per heavy atom. The Bertz CT molecular complexity index is 661. The van der Waals surface area contributed by atoms with Crippen LogP contribution in [-0.2, 0) is 9.53 Å². The van der Waals surface area contributed by atoms with Crippen LogP contribution in [0, 0.1) is 0 Å². The van der Waals surface area contributed by atoms with Gasteiger partial charge in [0.05, 0.1) is 12.9 Å². The zero-order valence-corrected chi connectivity index (χ0v) is 13.0. The maximum absolute atomic E-state index is 11.9. The third-order valence-electron chi connectivity index (χ3n) is 2.39. The molecular formula is C12H12ClN5O3S. The molecule has 10 heteroatoms. The maximum atomic E-state index is 11.9. The van der Waals surface area contributed by atoms with Crippen molar-refractivity contribution in [2.45, 2.75) is 5.16 Å². The third kappa shape index (κ3) is 4.64. The molecular weight excluding hydrogens is 330 g/mol. The Labute approximate surface area is 135 Å². The van der Waals surface area contributed by atoms with Crippen molar-refractivity contribution in [3.05, 3.63) is 35.6 Å². The van der Waals surface area contributed by atoms with E-state index in [2.05, 4.69) is 25.7 Å². The Hall–Kier alpha value is -2.26. The lowest BCUT2D eigenvalue weighted by Gasteiger charge is -2.09. The summed E-state index contributed by atoms with van der Waals surface area (Å²) in [4.78, 5) is 23.0. The first-order chi connectivity index (χ1) is 10.6. The van der Waals surface area contributed by atoms with Crippen molar-refractivity contribution in [3.8, 4) is 0 Å². The molecule has 0 spiro atoms. The second-order valence-electron chi connectivity index (χ2n) is 3.92. The Kier molecular flexibility index (Phi) is 5.61. The number of hydrogen-bond donors (Lipinski definition) is 2. The summed E-state index contributed by atoms with van der Waals surface area (Å²) in [6.45, 7) is 0. The van der Waals surface area contributed by atoms with E-state index in [0.717, 1.165) is 11.8 Å². The first-order valence-electron chi connectivity index (χ1n) is 6.01. The number of urea groups is 1. The lowest BCUT2D eigenvalue weighted by atomic mass is 10.3. The van der Waals surface area contributed by atoms with Crippen LogP contribution >= 0.6 is 23.4 Å². The van der Waals surface area contributed by atoms with Gasteiger partial charge in [0.15, 0.2) is 0 Å². The molecule has 8 nitrogen and oxygen atoms in total. The standard InChI is InChI=1S/C12H12ClN5O3S/c1-21-10(19)6-22-12-16-14-7-18(12)17-11(20)15-9-4-2-8(13)3-5-9/h2-5,7H,6H2,1H3,(H2,15,17,20). The average molecular weight is 342 g/mol. The molecule has 0 atom stereocenters. The third-order valence-corrected chi connectivity index (χ3v) is 3.56. The van der Waals surface area contributed by atoms with E-state index in [9.17, 15) is 9.59 Å². The van der Waals surface area contributed by atoms with Gasteiger partial charge in [0.2, 0.25) is 5.16 Å². The van der Waals surface area contributed by atoms with E-state index in [0.29, 0.717) is 15.9 Å². The monoisotopic (exact) mass is 341 g/mol. The molecule has 2 amide bonds. The van der Waals surface area contributed by atoms with E-state index in [1.54, 1.807) is 24.3 Å². The number of thioether (sulfide) groups is 1. The van der Waals surface area contributed by atoms with Crippen LogP contribution in [-0.4, -0.2) is 39.7 Å². The van der Waals surface area contributed by atoms with Crippen LogP contribution in [0.4, 0.5) is 10.5 Å². The quantitative estimate of drug-likeness (QED) is 0.637. The Morgan fingerprint density at radius 2 is 2.09 bits per heavy atom. The van der Waals surface area contributed by atoms with Crippen LogP contribution in [0.3, 0.4) is 0 Å². The van der Waals surface area contributed by atoms with E-state index in [1.807, 2.05) is 0 Å². The van der Waals surface area contributed by atoms with Gasteiger partial charge in [0.1, 0.15) is 6.33 Å². The normalized spacial score (nSPS) is 10.1. The molecule has 0 aliphatic heterocycles. The van der Waals surface area contributed by atoms with Crippen molar-refractivity contribution in [1.82, 2.24) is 14.9 Å². The molecule has 1 aromatic heterocycles. The number of carbonyl (C=O) groups is 2. The predicted molar refractivity (Wildman–Crippen MR) is 82.6 cm³/mol. The van der Waals surface area contributed by atoms with Gasteiger partial charge in [-0.25, -0.2) is 14.9 Å². The Balaban J connectivity index is 1.93. The van der Waals surface area contributed by atoms with Gasteiger partial charge < -0.3 is 10.1 Å². The van der Waals surface area contributed by atoms with E-state index < -0.39 is 12.0 Å². The number of benzene rings is 1. The van der Waals surface area contributed by atoms with Crippen molar-refractivity contribution in [2.24, 2.45) is 0 Å². The van der Waals surface area contributed by atoms with Gasteiger partial charge in [-0.05, 0) is 24.3 Å². The fourth-order valence-electron chi connectivity index (χ4n) is 1.38. The number of anilines is 1. The van der Waals surface area contributed by atoms with Crippen LogP contribution in [0.5, 0.6) is 0 Å². The number of esters is 1. The minimum absolute atomic E-state index is 0.0652. The highest BCUT2D eigenvalue weighted by molar-refractivity contribution is 7.99. The molecule has 1 aromatic carbocycles. The lowest BCUT2D eigenvalue weighted by molar-refractivity contribution is -0.137. The van der Waals surface area contributed by atoms with Crippen molar-refractivity contribution in [3.63, 3.8) is 0 Å². The van der Waals surface area contributed by atoms with Gasteiger partial charge in [-0.1, -0.05) is 23.4 Å². The molecule has 0 saturated carbocycles. The second-order valence-corrected chi connectivity index (χ2v) is 5.30. The second kappa shape index (κ2) is 7.66. The number of aromatic nitrogens is 3. The predicted octanol–water partition coefficient (Wildman–Crippen LogP) is 1.97. The first kappa shape index (κ1) is 16.1. The van der Waals surface area contributed by atoms with E-state index >= 15 is 0 Å². The SMILES string of the molecule is COC(=O)CSc1nncn1NC(=O)Nc1ccc(Cl)cc1. The molecule has 2 N–H and O–H groups in total. The molecule has 1 heterocycles. The highest BCUT2D eigenvalue weighted by Gasteiger charge is 2.11. The number of ether oxygens (including phenoxy) is 1. The zero-order valence-electron chi connectivity index (χ0n) is 11.4. The summed E-state index contributed by atoms with van der Waals surface area (Å²) in [6, 6.07) is 6.17. The van der Waals surface area contributed by atoms with Gasteiger partial charge in [-0.3, -0.25) is 4.79 Å². The zero-order chi connectivity index (χ0) is 15.9. The van der Waals surface area contributed by atoms with Crippen LogP contribution in [0.1, 0.15) is 0 Å². The van der Waals surface area contributed by atoms with Crippen LogP contribution in [0.25, 0.3) is 0 Å². The van der Waals surface area contributed by atoms with E-state index in [-0.39, 0.29) is 5.75 Å². The number of carbonyl (C=O) groups excluding carboxylic acids is 2. The van der Waals surface area contributed by atoms with E-state index in [4.69, 9.17) is 11.6 Å². The highest BCUT2D eigenvalue weighted by atomic mass is 35.5. The van der Waals surface area contributed by atoms with Gasteiger partial charge >= 0.3 is 12.0 Å². The molecule has 22 heavy (non-hydrogen) atoms. The summed E-state index contributed by atoms with van der Waals surface area (Å²) in [5, 5.41) is 11.0. The van der Waals surface area contributed by atoms with Crippen molar-refractivity contribution >= 4 is 41.1 Å². The van der Waals surface area contributed by atoms with Crippen molar-refractivity contribution in [1.29, 1.82) is 0 Å². The number of hydrogen-bond acceptors (Lipinski definition) is 6. The summed E-state index contributed by atoms with van der Waals surface area (Å²) < 4.78 is 5.83. The van der Waals surface area contributed by atoms with Crippen LogP contribution < -0.4 is 10.7 Å². The molecule has 0 saturated heterocycles. The largest absolute Gasteiger partial charge is 0.468 e. The summed E-state index contributed by atoms with van der Waals surface area (Å²) in [5.41, 5.74) is 3.11. The molecule has 0 aliphatic rings. The number of halogens is 1. The summed E-state index contributed by atoms with van der Waals surface area (Å²) in [7, 11) is 1.30. The molecule has 0 aliphatic carbocycles. The van der Waals surface area contributed by atoms with Gasteiger partial charge in [0.25, 0.3) is 0 Å². The van der Waals surface area contributed by atoms with Gasteiger partial charge in [0, 0.05) is 10.7 Å². The number of amides is 2. The minimum atomic E-state index is -0.484. The fourth-order valence-corrected chi connectivity index (χ4v) is 2.21. The molecule has 116 valence electrons. The van der Waals surface area contributed by atoms with Gasteiger partial charge in [-0.15, -0.1) is 10.2 Å².